The zero-order chi connectivity index (χ0) is 13.2. The molecule has 0 bridgehead atoms. The predicted molar refractivity (Wildman–Crippen MR) is 77.3 cm³/mol. The zero-order valence-electron chi connectivity index (χ0n) is 12.1. The fourth-order valence-corrected chi connectivity index (χ4v) is 2.20. The average molecular weight is 246 g/mol. The molecule has 0 aliphatic carbocycles. The molecule has 0 saturated heterocycles. The second-order valence-electron chi connectivity index (χ2n) is 6.60. The van der Waals surface area contributed by atoms with E-state index in [1.165, 1.54) is 16.7 Å². The van der Waals surface area contributed by atoms with E-state index in [1.54, 1.807) is 0 Å². The van der Waals surface area contributed by atoms with Gasteiger partial charge in [0.1, 0.15) is 0 Å². The monoisotopic (exact) mass is 246 g/mol. The van der Waals surface area contributed by atoms with Crippen LogP contribution in [0.1, 0.15) is 44.4 Å². The van der Waals surface area contributed by atoms with Crippen molar-refractivity contribution in [2.24, 2.45) is 11.3 Å². The summed E-state index contributed by atoms with van der Waals surface area (Å²) in [6, 6.07) is 6.85. The van der Waals surface area contributed by atoms with Crippen LogP contribution in [0.2, 0.25) is 0 Å². The van der Waals surface area contributed by atoms with Crippen molar-refractivity contribution in [3.8, 4) is 0 Å². The van der Waals surface area contributed by atoms with Gasteiger partial charge in [-0.25, -0.2) is 0 Å². The van der Waals surface area contributed by atoms with Crippen molar-refractivity contribution >= 4 is 0 Å². The summed E-state index contributed by atoms with van der Waals surface area (Å²) in [7, 11) is 0. The van der Waals surface area contributed by atoms with Crippen molar-refractivity contribution in [3.63, 3.8) is 0 Å². The van der Waals surface area contributed by atoms with Crippen LogP contribution in [0.3, 0.4) is 0 Å². The maximum atomic E-state index is 3.58. The third-order valence-electron chi connectivity index (χ3n) is 4.16. The molecule has 2 N–H and O–H groups in total. The first-order chi connectivity index (χ1) is 8.47. The van der Waals surface area contributed by atoms with Gasteiger partial charge in [0, 0.05) is 19.6 Å². The van der Waals surface area contributed by atoms with Crippen molar-refractivity contribution in [2.45, 2.75) is 47.3 Å². The molecule has 1 unspecified atom stereocenters. The van der Waals surface area contributed by atoms with Crippen LogP contribution in [0.25, 0.3) is 0 Å². The predicted octanol–water partition coefficient (Wildman–Crippen LogP) is 3.06. The van der Waals surface area contributed by atoms with Crippen LogP contribution in [0.4, 0.5) is 0 Å². The van der Waals surface area contributed by atoms with E-state index in [1.807, 2.05) is 0 Å². The van der Waals surface area contributed by atoms with Gasteiger partial charge in [0.2, 0.25) is 0 Å². The number of rotatable bonds is 4. The SMILES string of the molecule is CC(CNCc1ccc2c(c1)CNC2)C(C)(C)C. The van der Waals surface area contributed by atoms with E-state index in [0.717, 1.165) is 26.2 Å². The lowest BCUT2D eigenvalue weighted by Gasteiger charge is -2.27. The highest BCUT2D eigenvalue weighted by atomic mass is 14.9. The van der Waals surface area contributed by atoms with Crippen LogP contribution in [0.15, 0.2) is 18.2 Å². The molecule has 1 heterocycles. The second kappa shape index (κ2) is 5.41. The number of fused-ring (bicyclic) bond motifs is 1. The highest BCUT2D eigenvalue weighted by molar-refractivity contribution is 5.34. The van der Waals surface area contributed by atoms with Crippen molar-refractivity contribution in [1.29, 1.82) is 0 Å². The van der Waals surface area contributed by atoms with Gasteiger partial charge in [-0.05, 0) is 34.6 Å². The van der Waals surface area contributed by atoms with Crippen molar-refractivity contribution in [2.75, 3.05) is 6.54 Å². The lowest BCUT2D eigenvalue weighted by atomic mass is 9.82. The number of nitrogens with one attached hydrogen (secondary N) is 2. The van der Waals surface area contributed by atoms with E-state index in [-0.39, 0.29) is 0 Å². The molecule has 1 aliphatic heterocycles. The quantitative estimate of drug-likeness (QED) is 0.853. The molecule has 0 aromatic heterocycles. The average Bonchev–Trinajstić information content (AvgIpc) is 2.74. The topological polar surface area (TPSA) is 24.1 Å². The Morgan fingerprint density at radius 2 is 1.94 bits per heavy atom. The molecule has 2 nitrogen and oxygen atoms in total. The summed E-state index contributed by atoms with van der Waals surface area (Å²) in [5.41, 5.74) is 4.72. The van der Waals surface area contributed by atoms with Gasteiger partial charge in [-0.1, -0.05) is 45.9 Å². The van der Waals surface area contributed by atoms with Gasteiger partial charge in [0.15, 0.2) is 0 Å². The summed E-state index contributed by atoms with van der Waals surface area (Å²) in [4.78, 5) is 0. The molecule has 0 radical (unpaired) electrons. The van der Waals surface area contributed by atoms with Crippen LogP contribution in [-0.2, 0) is 19.6 Å². The van der Waals surface area contributed by atoms with Gasteiger partial charge in [0.25, 0.3) is 0 Å². The highest BCUT2D eigenvalue weighted by Gasteiger charge is 2.19. The molecule has 0 saturated carbocycles. The van der Waals surface area contributed by atoms with E-state index < -0.39 is 0 Å². The molecule has 18 heavy (non-hydrogen) atoms. The third-order valence-corrected chi connectivity index (χ3v) is 4.16. The largest absolute Gasteiger partial charge is 0.312 e. The lowest BCUT2D eigenvalue weighted by Crippen LogP contribution is -2.29. The van der Waals surface area contributed by atoms with Crippen molar-refractivity contribution in [1.82, 2.24) is 10.6 Å². The maximum Gasteiger partial charge on any atom is 0.0212 e. The molecule has 1 aliphatic rings. The van der Waals surface area contributed by atoms with Gasteiger partial charge in [-0.15, -0.1) is 0 Å². The first-order valence-electron chi connectivity index (χ1n) is 6.99. The summed E-state index contributed by atoms with van der Waals surface area (Å²) in [6.45, 7) is 13.4. The normalized spacial score (nSPS) is 16.7. The Hall–Kier alpha value is -0.860. The Balaban J connectivity index is 1.84. The Morgan fingerprint density at radius 1 is 1.22 bits per heavy atom. The van der Waals surface area contributed by atoms with E-state index in [0.29, 0.717) is 11.3 Å². The first-order valence-corrected chi connectivity index (χ1v) is 6.99. The number of hydrogen-bond donors (Lipinski definition) is 2. The van der Waals surface area contributed by atoms with E-state index in [4.69, 9.17) is 0 Å². The molecule has 100 valence electrons. The minimum absolute atomic E-state index is 0.384. The lowest BCUT2D eigenvalue weighted by molar-refractivity contribution is 0.252. The minimum atomic E-state index is 0.384. The molecule has 2 heteroatoms. The summed E-state index contributed by atoms with van der Waals surface area (Å²) in [5.74, 6) is 0.689. The molecule has 1 atom stereocenters. The second-order valence-corrected chi connectivity index (χ2v) is 6.60. The van der Waals surface area contributed by atoms with Crippen LogP contribution >= 0.6 is 0 Å². The summed E-state index contributed by atoms with van der Waals surface area (Å²) < 4.78 is 0. The standard InChI is InChI=1S/C16H26N2/c1-12(16(2,3)4)8-17-9-13-5-6-14-10-18-11-15(14)7-13/h5-7,12,17-18H,8-11H2,1-4H3. The summed E-state index contributed by atoms with van der Waals surface area (Å²) in [5, 5.41) is 6.97. The Bertz CT molecular complexity index is 404. The zero-order valence-corrected chi connectivity index (χ0v) is 12.1. The molecule has 0 spiro atoms. The molecule has 0 fully saturated rings. The Morgan fingerprint density at radius 3 is 2.67 bits per heavy atom. The Kier molecular flexibility index (Phi) is 4.08. The van der Waals surface area contributed by atoms with Crippen LogP contribution in [0, 0.1) is 11.3 Å². The minimum Gasteiger partial charge on any atom is -0.312 e. The highest BCUT2D eigenvalue weighted by Crippen LogP contribution is 2.24. The number of hydrogen-bond acceptors (Lipinski definition) is 2. The van der Waals surface area contributed by atoms with Crippen LogP contribution in [0.5, 0.6) is 0 Å². The molecule has 2 rings (SSSR count). The molecule has 1 aromatic rings. The van der Waals surface area contributed by atoms with E-state index in [9.17, 15) is 0 Å². The first kappa shape index (κ1) is 13.6. The van der Waals surface area contributed by atoms with Gasteiger partial charge in [0.05, 0.1) is 0 Å². The summed E-state index contributed by atoms with van der Waals surface area (Å²) in [6.07, 6.45) is 0. The van der Waals surface area contributed by atoms with Gasteiger partial charge < -0.3 is 10.6 Å². The van der Waals surface area contributed by atoms with Crippen molar-refractivity contribution < 1.29 is 0 Å². The molecule has 0 amide bonds. The van der Waals surface area contributed by atoms with Crippen LogP contribution in [-0.4, -0.2) is 6.54 Å². The maximum absolute atomic E-state index is 3.58. The number of benzene rings is 1. The third kappa shape index (κ3) is 3.33. The van der Waals surface area contributed by atoms with Crippen molar-refractivity contribution in [3.05, 3.63) is 34.9 Å². The van der Waals surface area contributed by atoms with E-state index >= 15 is 0 Å². The fourth-order valence-electron chi connectivity index (χ4n) is 2.20. The summed E-state index contributed by atoms with van der Waals surface area (Å²) >= 11 is 0. The van der Waals surface area contributed by atoms with Gasteiger partial charge in [-0.3, -0.25) is 0 Å². The van der Waals surface area contributed by atoms with Gasteiger partial charge >= 0.3 is 0 Å². The molecular weight excluding hydrogens is 220 g/mol. The Labute approximate surface area is 111 Å². The van der Waals surface area contributed by atoms with Crippen LogP contribution < -0.4 is 10.6 Å². The molecule has 1 aromatic carbocycles. The smallest absolute Gasteiger partial charge is 0.0212 e. The van der Waals surface area contributed by atoms with E-state index in [2.05, 4.69) is 56.5 Å². The molecular formula is C16H26N2. The fraction of sp³-hybridized carbons (Fsp3) is 0.625. The van der Waals surface area contributed by atoms with Gasteiger partial charge in [-0.2, -0.15) is 0 Å².